The topological polar surface area (TPSA) is 84.2 Å². The maximum Gasteiger partial charge on any atom is 0.277 e. The molecule has 0 saturated carbocycles. The monoisotopic (exact) mass is 273 g/mol. The highest BCUT2D eigenvalue weighted by Gasteiger charge is 2.20. The molecule has 1 aromatic carbocycles. The molecule has 0 radical (unpaired) electrons. The Balaban J connectivity index is 2.93. The van der Waals surface area contributed by atoms with Crippen LogP contribution in [-0.4, -0.2) is 20.0 Å². The van der Waals surface area contributed by atoms with Crippen LogP contribution in [0.5, 0.6) is 0 Å². The molecule has 0 aliphatic carbocycles. The number of thiocarbonyl (C=S) groups is 1. The van der Waals surface area contributed by atoms with Gasteiger partial charge in [0.25, 0.3) is 10.2 Å². The second kappa shape index (κ2) is 6.06. The summed E-state index contributed by atoms with van der Waals surface area (Å²) in [5.74, 6) is 0. The van der Waals surface area contributed by atoms with Gasteiger partial charge in [-0.3, -0.25) is 0 Å². The molecule has 1 rings (SSSR count). The Bertz CT molecular complexity index is 474. The van der Waals surface area contributed by atoms with Gasteiger partial charge in [-0.05, 0) is 5.56 Å². The standard InChI is InChI=1S/C10H15N3O2S2/c1-2-12-17(14,15)13-9(10(11)16)8-6-4-3-5-7-8/h3-7,9,12-13H,2H2,1H3,(H2,11,16). The summed E-state index contributed by atoms with van der Waals surface area (Å²) in [4.78, 5) is 0.0812. The summed E-state index contributed by atoms with van der Waals surface area (Å²) >= 11 is 4.87. The Morgan fingerprint density at radius 3 is 2.47 bits per heavy atom. The third kappa shape index (κ3) is 4.39. The Labute approximate surface area is 107 Å². The lowest BCUT2D eigenvalue weighted by atomic mass is 10.1. The molecule has 1 unspecified atom stereocenters. The van der Waals surface area contributed by atoms with Gasteiger partial charge in [-0.1, -0.05) is 49.5 Å². The molecule has 7 heteroatoms. The van der Waals surface area contributed by atoms with Crippen molar-refractivity contribution in [1.29, 1.82) is 0 Å². The Hall–Kier alpha value is -1.02. The van der Waals surface area contributed by atoms with Crippen molar-refractivity contribution in [2.45, 2.75) is 13.0 Å². The molecule has 0 bridgehead atoms. The average Bonchev–Trinajstić information content (AvgIpc) is 2.27. The lowest BCUT2D eigenvalue weighted by Crippen LogP contribution is -2.42. The van der Waals surface area contributed by atoms with E-state index in [0.29, 0.717) is 12.1 Å². The second-order valence-corrected chi connectivity index (χ2v) is 5.37. The van der Waals surface area contributed by atoms with E-state index in [9.17, 15) is 8.42 Å². The van der Waals surface area contributed by atoms with Crippen LogP contribution in [0.25, 0.3) is 0 Å². The van der Waals surface area contributed by atoms with Crippen LogP contribution < -0.4 is 15.2 Å². The largest absolute Gasteiger partial charge is 0.392 e. The molecular weight excluding hydrogens is 258 g/mol. The molecule has 0 aromatic heterocycles. The number of hydrogen-bond acceptors (Lipinski definition) is 3. The van der Waals surface area contributed by atoms with Crippen LogP contribution >= 0.6 is 12.2 Å². The first kappa shape index (κ1) is 14.0. The van der Waals surface area contributed by atoms with E-state index in [4.69, 9.17) is 18.0 Å². The zero-order valence-electron chi connectivity index (χ0n) is 9.38. The normalized spacial score (nSPS) is 13.2. The minimum atomic E-state index is -3.59. The van der Waals surface area contributed by atoms with Gasteiger partial charge in [0.05, 0.1) is 11.0 Å². The highest BCUT2D eigenvalue weighted by Crippen LogP contribution is 2.13. The maximum atomic E-state index is 11.6. The number of nitrogens with one attached hydrogen (secondary N) is 2. The van der Waals surface area contributed by atoms with Crippen LogP contribution in [0, 0.1) is 0 Å². The number of nitrogens with two attached hydrogens (primary N) is 1. The van der Waals surface area contributed by atoms with E-state index in [2.05, 4.69) is 9.44 Å². The van der Waals surface area contributed by atoms with Crippen molar-refractivity contribution in [2.24, 2.45) is 5.73 Å². The molecule has 5 nitrogen and oxygen atoms in total. The first-order valence-electron chi connectivity index (χ1n) is 5.07. The van der Waals surface area contributed by atoms with Crippen LogP contribution in [0.4, 0.5) is 0 Å². The highest BCUT2D eigenvalue weighted by atomic mass is 32.2. The van der Waals surface area contributed by atoms with Gasteiger partial charge in [-0.25, -0.2) is 4.72 Å². The van der Waals surface area contributed by atoms with Crippen LogP contribution in [0.2, 0.25) is 0 Å². The Morgan fingerprint density at radius 1 is 1.41 bits per heavy atom. The third-order valence-electron chi connectivity index (χ3n) is 2.02. The highest BCUT2D eigenvalue weighted by molar-refractivity contribution is 7.87. The molecule has 94 valence electrons. The van der Waals surface area contributed by atoms with E-state index >= 15 is 0 Å². The summed E-state index contributed by atoms with van der Waals surface area (Å²) in [5.41, 5.74) is 6.26. The van der Waals surface area contributed by atoms with Crippen LogP contribution in [-0.2, 0) is 10.2 Å². The lowest BCUT2D eigenvalue weighted by molar-refractivity contribution is 0.564. The zero-order valence-corrected chi connectivity index (χ0v) is 11.0. The molecule has 0 saturated heterocycles. The van der Waals surface area contributed by atoms with Crippen molar-refractivity contribution in [3.8, 4) is 0 Å². The van der Waals surface area contributed by atoms with E-state index in [-0.39, 0.29) is 4.99 Å². The summed E-state index contributed by atoms with van der Waals surface area (Å²) in [5, 5.41) is 0. The fourth-order valence-corrected chi connectivity index (χ4v) is 2.63. The van der Waals surface area contributed by atoms with Gasteiger partial charge in [0.2, 0.25) is 0 Å². The third-order valence-corrected chi connectivity index (χ3v) is 3.48. The average molecular weight is 273 g/mol. The summed E-state index contributed by atoms with van der Waals surface area (Å²) in [6, 6.07) is 8.25. The quantitative estimate of drug-likeness (QED) is 0.657. The summed E-state index contributed by atoms with van der Waals surface area (Å²) < 4.78 is 27.9. The van der Waals surface area contributed by atoms with Crippen molar-refractivity contribution < 1.29 is 8.42 Å². The predicted molar refractivity (Wildman–Crippen MR) is 71.7 cm³/mol. The van der Waals surface area contributed by atoms with Crippen molar-refractivity contribution in [2.75, 3.05) is 6.54 Å². The molecule has 0 aliphatic heterocycles. The molecule has 0 spiro atoms. The van der Waals surface area contributed by atoms with Gasteiger partial charge in [0, 0.05) is 6.54 Å². The molecule has 1 atom stereocenters. The van der Waals surface area contributed by atoms with Gasteiger partial charge in [0.1, 0.15) is 0 Å². The predicted octanol–water partition coefficient (Wildman–Crippen LogP) is 0.458. The van der Waals surface area contributed by atoms with Gasteiger partial charge >= 0.3 is 0 Å². The Morgan fingerprint density at radius 2 is 2.00 bits per heavy atom. The molecule has 0 heterocycles. The van der Waals surface area contributed by atoms with Crippen LogP contribution in [0.15, 0.2) is 30.3 Å². The smallest absolute Gasteiger partial charge is 0.277 e. The molecule has 0 fully saturated rings. The van der Waals surface area contributed by atoms with Gasteiger partial charge in [0.15, 0.2) is 0 Å². The minimum absolute atomic E-state index is 0.0812. The maximum absolute atomic E-state index is 11.6. The zero-order chi connectivity index (χ0) is 12.9. The van der Waals surface area contributed by atoms with Gasteiger partial charge < -0.3 is 5.73 Å². The fourth-order valence-electron chi connectivity index (χ4n) is 1.32. The van der Waals surface area contributed by atoms with Crippen molar-refractivity contribution in [3.05, 3.63) is 35.9 Å². The summed E-state index contributed by atoms with van der Waals surface area (Å²) in [6.45, 7) is 1.99. The molecule has 4 N–H and O–H groups in total. The number of benzene rings is 1. The first-order valence-corrected chi connectivity index (χ1v) is 6.96. The van der Waals surface area contributed by atoms with Gasteiger partial charge in [-0.2, -0.15) is 13.1 Å². The number of hydrogen-bond donors (Lipinski definition) is 3. The van der Waals surface area contributed by atoms with Crippen molar-refractivity contribution in [3.63, 3.8) is 0 Å². The molecule has 17 heavy (non-hydrogen) atoms. The molecule has 0 amide bonds. The van der Waals surface area contributed by atoms with E-state index in [1.807, 2.05) is 6.07 Å². The van der Waals surface area contributed by atoms with E-state index in [1.165, 1.54) is 0 Å². The second-order valence-electron chi connectivity index (χ2n) is 3.37. The summed E-state index contributed by atoms with van der Waals surface area (Å²) in [7, 11) is -3.59. The number of rotatable bonds is 6. The van der Waals surface area contributed by atoms with Crippen molar-refractivity contribution in [1.82, 2.24) is 9.44 Å². The SMILES string of the molecule is CCNS(=O)(=O)NC(C(N)=S)c1ccccc1. The van der Waals surface area contributed by atoms with E-state index in [0.717, 1.165) is 0 Å². The minimum Gasteiger partial charge on any atom is -0.392 e. The first-order chi connectivity index (χ1) is 7.96. The molecular formula is C10H15N3O2S2. The lowest BCUT2D eigenvalue weighted by Gasteiger charge is -2.17. The molecule has 0 aliphatic rings. The van der Waals surface area contributed by atoms with Gasteiger partial charge in [-0.15, -0.1) is 0 Å². The van der Waals surface area contributed by atoms with Crippen LogP contribution in [0.1, 0.15) is 18.5 Å². The molecule has 1 aromatic rings. The van der Waals surface area contributed by atoms with Crippen LogP contribution in [0.3, 0.4) is 0 Å². The van der Waals surface area contributed by atoms with Crippen molar-refractivity contribution >= 4 is 27.4 Å². The Kier molecular flexibility index (Phi) is 5.01. The fraction of sp³-hybridized carbons (Fsp3) is 0.300. The summed E-state index contributed by atoms with van der Waals surface area (Å²) in [6.07, 6.45) is 0. The van der Waals surface area contributed by atoms with E-state index in [1.54, 1.807) is 31.2 Å². The van der Waals surface area contributed by atoms with E-state index < -0.39 is 16.3 Å².